The van der Waals surface area contributed by atoms with E-state index in [4.69, 9.17) is 9.47 Å². The van der Waals surface area contributed by atoms with Gasteiger partial charge in [0.15, 0.2) is 6.61 Å². The average Bonchev–Trinajstić information content (AvgIpc) is 2.64. The zero-order chi connectivity index (χ0) is 20.1. The summed E-state index contributed by atoms with van der Waals surface area (Å²) in [5, 5.41) is 6.87. The fraction of sp³-hybridized carbons (Fsp3) is 0.412. The molecule has 0 fully saturated rings. The van der Waals surface area contributed by atoms with Crippen LogP contribution < -0.4 is 16.0 Å². The van der Waals surface area contributed by atoms with Crippen LogP contribution in [0.5, 0.6) is 0 Å². The number of halogens is 1. The largest absolute Gasteiger partial charge is 0.454 e. The highest BCUT2D eigenvalue weighted by molar-refractivity contribution is 9.10. The molecule has 0 aliphatic rings. The van der Waals surface area contributed by atoms with Crippen LogP contribution >= 0.6 is 15.9 Å². The van der Waals surface area contributed by atoms with Crippen molar-refractivity contribution in [2.24, 2.45) is 0 Å². The van der Waals surface area contributed by atoms with Gasteiger partial charge in [-0.1, -0.05) is 15.9 Å². The molecule has 1 aromatic carbocycles. The third-order valence-electron chi connectivity index (χ3n) is 3.07. The summed E-state index contributed by atoms with van der Waals surface area (Å²) in [5.41, 5.74) is 0.379. The Labute approximate surface area is 165 Å². The first kappa shape index (κ1) is 22.6. The summed E-state index contributed by atoms with van der Waals surface area (Å²) in [6.45, 7) is 2.30. The van der Waals surface area contributed by atoms with Gasteiger partial charge in [-0.2, -0.15) is 0 Å². The lowest BCUT2D eigenvalue weighted by Gasteiger charge is -2.08. The molecule has 27 heavy (non-hydrogen) atoms. The molecular formula is C17H22BrN3O6. The molecule has 0 saturated carbocycles. The highest BCUT2D eigenvalue weighted by atomic mass is 79.9. The molecule has 0 heterocycles. The molecule has 0 bridgehead atoms. The van der Waals surface area contributed by atoms with Gasteiger partial charge in [0.05, 0.1) is 0 Å². The molecule has 148 valence electrons. The van der Waals surface area contributed by atoms with E-state index in [9.17, 15) is 19.2 Å². The van der Waals surface area contributed by atoms with Crippen molar-refractivity contribution in [3.63, 3.8) is 0 Å². The molecule has 1 aromatic rings. The van der Waals surface area contributed by atoms with Crippen molar-refractivity contribution < 1.29 is 28.7 Å². The Bertz CT molecular complexity index is 651. The fourth-order valence-corrected chi connectivity index (χ4v) is 2.04. The number of carbonyl (C=O) groups excluding carboxylic acids is 4. The first-order chi connectivity index (χ1) is 12.9. The Morgan fingerprint density at radius 2 is 1.78 bits per heavy atom. The number of benzene rings is 1. The highest BCUT2D eigenvalue weighted by Gasteiger charge is 2.12. The molecule has 0 unspecified atom stereocenters. The second-order valence-electron chi connectivity index (χ2n) is 5.20. The van der Waals surface area contributed by atoms with Gasteiger partial charge in [-0.3, -0.25) is 19.7 Å². The summed E-state index contributed by atoms with van der Waals surface area (Å²) in [7, 11) is 0. The van der Waals surface area contributed by atoms with Gasteiger partial charge in [-0.05, 0) is 37.6 Å². The number of rotatable bonds is 10. The monoisotopic (exact) mass is 443 g/mol. The molecule has 0 atom stereocenters. The van der Waals surface area contributed by atoms with E-state index in [0.717, 1.165) is 4.47 Å². The van der Waals surface area contributed by atoms with Crippen molar-refractivity contribution in [3.8, 4) is 0 Å². The van der Waals surface area contributed by atoms with Gasteiger partial charge in [0, 0.05) is 29.8 Å². The number of urea groups is 1. The average molecular weight is 444 g/mol. The Morgan fingerprint density at radius 3 is 2.44 bits per heavy atom. The van der Waals surface area contributed by atoms with Crippen molar-refractivity contribution in [1.29, 1.82) is 0 Å². The second kappa shape index (κ2) is 12.8. The van der Waals surface area contributed by atoms with Gasteiger partial charge >= 0.3 is 12.0 Å². The van der Waals surface area contributed by atoms with Crippen molar-refractivity contribution in [2.75, 3.05) is 32.9 Å². The van der Waals surface area contributed by atoms with E-state index >= 15 is 0 Å². The molecule has 0 aromatic heterocycles. The SMILES string of the molecule is CCOCCCNC(=O)NC(=O)COC(=O)CNC(=O)c1ccc(Br)cc1. The molecule has 0 saturated heterocycles. The third kappa shape index (κ3) is 10.3. The zero-order valence-electron chi connectivity index (χ0n) is 14.9. The number of hydrogen-bond acceptors (Lipinski definition) is 6. The minimum absolute atomic E-state index is 0.348. The zero-order valence-corrected chi connectivity index (χ0v) is 16.5. The summed E-state index contributed by atoms with van der Waals surface area (Å²) in [4.78, 5) is 46.4. The smallest absolute Gasteiger partial charge is 0.325 e. The number of esters is 1. The summed E-state index contributed by atoms with van der Waals surface area (Å²) in [5.74, 6) is -2.02. The van der Waals surface area contributed by atoms with E-state index in [0.29, 0.717) is 31.7 Å². The van der Waals surface area contributed by atoms with Crippen LogP contribution in [0.15, 0.2) is 28.7 Å². The van der Waals surface area contributed by atoms with E-state index in [1.165, 1.54) is 0 Å². The van der Waals surface area contributed by atoms with Crippen LogP contribution in [0.3, 0.4) is 0 Å². The lowest BCUT2D eigenvalue weighted by molar-refractivity contribution is -0.147. The summed E-state index contributed by atoms with van der Waals surface area (Å²) >= 11 is 3.25. The number of nitrogens with one attached hydrogen (secondary N) is 3. The first-order valence-electron chi connectivity index (χ1n) is 8.27. The van der Waals surface area contributed by atoms with Gasteiger partial charge in [0.1, 0.15) is 6.54 Å². The second-order valence-corrected chi connectivity index (χ2v) is 6.12. The summed E-state index contributed by atoms with van der Waals surface area (Å²) < 4.78 is 10.6. The first-order valence-corrected chi connectivity index (χ1v) is 9.06. The van der Waals surface area contributed by atoms with Gasteiger partial charge in [0.2, 0.25) is 0 Å². The number of carbonyl (C=O) groups is 4. The van der Waals surface area contributed by atoms with E-state index in [2.05, 4.69) is 26.6 Å². The molecule has 10 heteroatoms. The predicted octanol–water partition coefficient (Wildman–Crippen LogP) is 0.975. The molecular weight excluding hydrogens is 422 g/mol. The molecule has 0 radical (unpaired) electrons. The molecule has 0 aliphatic heterocycles. The molecule has 1 rings (SSSR count). The Kier molecular flexibility index (Phi) is 10.7. The van der Waals surface area contributed by atoms with Crippen LogP contribution in [0.1, 0.15) is 23.7 Å². The van der Waals surface area contributed by atoms with E-state index in [-0.39, 0.29) is 0 Å². The summed E-state index contributed by atoms with van der Waals surface area (Å²) in [6, 6.07) is 5.88. The van der Waals surface area contributed by atoms with E-state index in [1.807, 2.05) is 12.2 Å². The minimum atomic E-state index is -0.798. The van der Waals surface area contributed by atoms with Crippen LogP contribution in [0, 0.1) is 0 Å². The maximum atomic E-state index is 11.8. The number of hydrogen-bond donors (Lipinski definition) is 3. The lowest BCUT2D eigenvalue weighted by atomic mass is 10.2. The van der Waals surface area contributed by atoms with Gasteiger partial charge in [-0.25, -0.2) is 4.79 Å². The van der Waals surface area contributed by atoms with E-state index in [1.54, 1.807) is 24.3 Å². The lowest BCUT2D eigenvalue weighted by Crippen LogP contribution is -2.42. The van der Waals surface area contributed by atoms with Crippen molar-refractivity contribution in [3.05, 3.63) is 34.3 Å². The van der Waals surface area contributed by atoms with Gasteiger partial charge in [0.25, 0.3) is 11.8 Å². The van der Waals surface area contributed by atoms with E-state index < -0.39 is 37.0 Å². The Balaban J connectivity index is 2.17. The van der Waals surface area contributed by atoms with Crippen molar-refractivity contribution in [1.82, 2.24) is 16.0 Å². The topological polar surface area (TPSA) is 123 Å². The summed E-state index contributed by atoms with van der Waals surface area (Å²) in [6.07, 6.45) is 0.614. The quantitative estimate of drug-likeness (QED) is 0.365. The van der Waals surface area contributed by atoms with Crippen molar-refractivity contribution in [2.45, 2.75) is 13.3 Å². The number of ether oxygens (including phenoxy) is 2. The maximum Gasteiger partial charge on any atom is 0.325 e. The van der Waals surface area contributed by atoms with Crippen LogP contribution in [0.4, 0.5) is 4.79 Å². The molecule has 3 N–H and O–H groups in total. The molecule has 4 amide bonds. The number of imide groups is 1. The number of amides is 4. The fourth-order valence-electron chi connectivity index (χ4n) is 1.78. The third-order valence-corrected chi connectivity index (χ3v) is 3.60. The van der Waals surface area contributed by atoms with Gasteiger partial charge < -0.3 is 20.1 Å². The predicted molar refractivity (Wildman–Crippen MR) is 100 cm³/mol. The molecule has 0 spiro atoms. The van der Waals surface area contributed by atoms with Crippen LogP contribution in [-0.4, -0.2) is 56.7 Å². The van der Waals surface area contributed by atoms with Crippen LogP contribution in [-0.2, 0) is 19.1 Å². The molecule has 9 nitrogen and oxygen atoms in total. The minimum Gasteiger partial charge on any atom is -0.454 e. The highest BCUT2D eigenvalue weighted by Crippen LogP contribution is 2.10. The standard InChI is InChI=1S/C17H22BrN3O6/c1-2-26-9-3-8-19-17(25)21-14(22)11-27-15(23)10-20-16(24)12-4-6-13(18)7-5-12/h4-7H,2-3,8-11H2,1H3,(H,20,24)(H2,19,21,22,25). The molecule has 0 aliphatic carbocycles. The Hall–Kier alpha value is -2.46. The van der Waals surface area contributed by atoms with Crippen molar-refractivity contribution >= 4 is 39.7 Å². The van der Waals surface area contributed by atoms with Crippen LogP contribution in [0.2, 0.25) is 0 Å². The van der Waals surface area contributed by atoms with Gasteiger partial charge in [-0.15, -0.1) is 0 Å². The maximum absolute atomic E-state index is 11.8. The normalized spacial score (nSPS) is 10.0. The van der Waals surface area contributed by atoms with Crippen LogP contribution in [0.25, 0.3) is 0 Å². The Morgan fingerprint density at radius 1 is 1.07 bits per heavy atom.